The highest BCUT2D eigenvalue weighted by atomic mass is 35.5. The molecule has 2 aromatic rings. The summed E-state index contributed by atoms with van der Waals surface area (Å²) >= 11 is 23.0. The molecule has 0 aromatic heterocycles. The summed E-state index contributed by atoms with van der Waals surface area (Å²) < 4.78 is 0. The Morgan fingerprint density at radius 1 is 1.05 bits per heavy atom. The van der Waals surface area contributed by atoms with E-state index in [1.165, 1.54) is 0 Å². The number of nitrogens with two attached hydrogens (primary N) is 1. The Balaban J connectivity index is 2.32. The van der Waals surface area contributed by atoms with Crippen molar-refractivity contribution < 1.29 is 0 Å². The molecule has 0 amide bonds. The minimum atomic E-state index is 0.261. The number of hydrogen-bond acceptors (Lipinski definition) is 2. The monoisotopic (exact) mass is 330 g/mol. The van der Waals surface area contributed by atoms with Crippen LogP contribution in [0.3, 0.4) is 0 Å². The molecule has 0 saturated carbocycles. The third-order valence-electron chi connectivity index (χ3n) is 2.47. The van der Waals surface area contributed by atoms with Gasteiger partial charge in [0.25, 0.3) is 0 Å². The number of thiocarbonyl (C=S) groups is 1. The van der Waals surface area contributed by atoms with Gasteiger partial charge in [-0.1, -0.05) is 53.1 Å². The normalized spacial score (nSPS) is 10.3. The Morgan fingerprint density at radius 2 is 1.79 bits per heavy atom. The molecular weight excluding hydrogens is 323 g/mol. The summed E-state index contributed by atoms with van der Waals surface area (Å²) in [5.41, 5.74) is 7.66. The molecule has 6 heteroatoms. The van der Waals surface area contributed by atoms with Crippen molar-refractivity contribution in [3.63, 3.8) is 0 Å². The molecule has 0 fully saturated rings. The Morgan fingerprint density at radius 3 is 2.42 bits per heavy atom. The SMILES string of the molecule is NC(=S)c1ccc(Nc2cccc(Cl)c2Cl)cc1Cl. The molecule has 2 rings (SSSR count). The minimum absolute atomic E-state index is 0.261. The van der Waals surface area contributed by atoms with Gasteiger partial charge in [0.1, 0.15) is 4.99 Å². The molecule has 0 unspecified atom stereocenters. The maximum atomic E-state index is 6.10. The van der Waals surface area contributed by atoms with E-state index < -0.39 is 0 Å². The maximum Gasteiger partial charge on any atom is 0.105 e. The molecule has 2 aromatic carbocycles. The van der Waals surface area contributed by atoms with Crippen molar-refractivity contribution in [1.82, 2.24) is 0 Å². The van der Waals surface area contributed by atoms with Crippen LogP contribution in [0, 0.1) is 0 Å². The van der Waals surface area contributed by atoms with Crippen molar-refractivity contribution in [1.29, 1.82) is 0 Å². The van der Waals surface area contributed by atoms with Crippen molar-refractivity contribution in [3.05, 3.63) is 57.0 Å². The van der Waals surface area contributed by atoms with Gasteiger partial charge in [0.2, 0.25) is 0 Å². The molecule has 0 spiro atoms. The number of hydrogen-bond donors (Lipinski definition) is 2. The molecule has 0 aliphatic heterocycles. The van der Waals surface area contributed by atoms with Crippen LogP contribution in [0.15, 0.2) is 36.4 Å². The van der Waals surface area contributed by atoms with Gasteiger partial charge in [-0.2, -0.15) is 0 Å². The largest absolute Gasteiger partial charge is 0.389 e. The van der Waals surface area contributed by atoms with Crippen LogP contribution in [0.1, 0.15) is 5.56 Å². The summed E-state index contributed by atoms with van der Waals surface area (Å²) in [6, 6.07) is 10.7. The smallest absolute Gasteiger partial charge is 0.105 e. The second-order valence-corrected chi connectivity index (χ2v) is 5.42. The average Bonchev–Trinajstić information content (AvgIpc) is 2.34. The van der Waals surface area contributed by atoms with Crippen LogP contribution in [-0.4, -0.2) is 4.99 Å². The van der Waals surface area contributed by atoms with E-state index >= 15 is 0 Å². The second-order valence-electron chi connectivity index (χ2n) is 3.79. The zero-order chi connectivity index (χ0) is 14.0. The van der Waals surface area contributed by atoms with E-state index in [1.54, 1.807) is 18.2 Å². The van der Waals surface area contributed by atoms with Gasteiger partial charge < -0.3 is 11.1 Å². The van der Waals surface area contributed by atoms with Crippen LogP contribution in [0.4, 0.5) is 11.4 Å². The fraction of sp³-hybridized carbons (Fsp3) is 0. The van der Waals surface area contributed by atoms with Crippen molar-refractivity contribution in [2.45, 2.75) is 0 Å². The topological polar surface area (TPSA) is 38.0 Å². The molecule has 0 aliphatic carbocycles. The molecule has 0 aliphatic rings. The number of anilines is 2. The quantitative estimate of drug-likeness (QED) is 0.775. The zero-order valence-electron chi connectivity index (χ0n) is 9.58. The van der Waals surface area contributed by atoms with E-state index in [2.05, 4.69) is 5.32 Å². The van der Waals surface area contributed by atoms with Gasteiger partial charge in [0, 0.05) is 11.3 Å². The maximum absolute atomic E-state index is 6.10. The first-order chi connectivity index (χ1) is 8.99. The van der Waals surface area contributed by atoms with Gasteiger partial charge in [-0.05, 0) is 30.3 Å². The van der Waals surface area contributed by atoms with Crippen LogP contribution in [-0.2, 0) is 0 Å². The first-order valence-corrected chi connectivity index (χ1v) is 6.83. The van der Waals surface area contributed by atoms with Gasteiger partial charge in [-0.3, -0.25) is 0 Å². The lowest BCUT2D eigenvalue weighted by Gasteiger charge is -2.11. The summed E-state index contributed by atoms with van der Waals surface area (Å²) in [6.45, 7) is 0. The molecule has 0 bridgehead atoms. The fourth-order valence-electron chi connectivity index (χ4n) is 1.55. The molecule has 98 valence electrons. The van der Waals surface area contributed by atoms with Gasteiger partial charge in [0.05, 0.1) is 20.8 Å². The van der Waals surface area contributed by atoms with Crippen LogP contribution < -0.4 is 11.1 Å². The lowest BCUT2D eigenvalue weighted by molar-refractivity contribution is 1.53. The van der Waals surface area contributed by atoms with Crippen LogP contribution in [0.25, 0.3) is 0 Å². The lowest BCUT2D eigenvalue weighted by Crippen LogP contribution is -2.09. The molecule has 0 radical (unpaired) electrons. The summed E-state index contributed by atoms with van der Waals surface area (Å²) in [6.07, 6.45) is 0. The molecule has 0 heterocycles. The van der Waals surface area contributed by atoms with E-state index in [1.807, 2.05) is 18.2 Å². The highest BCUT2D eigenvalue weighted by Gasteiger charge is 2.07. The van der Waals surface area contributed by atoms with Crippen molar-refractivity contribution in [3.8, 4) is 0 Å². The summed E-state index contributed by atoms with van der Waals surface area (Å²) in [7, 11) is 0. The highest BCUT2D eigenvalue weighted by molar-refractivity contribution is 7.80. The summed E-state index contributed by atoms with van der Waals surface area (Å²) in [5, 5.41) is 4.56. The summed E-state index contributed by atoms with van der Waals surface area (Å²) in [5.74, 6) is 0. The third-order valence-corrected chi connectivity index (χ3v) is 3.82. The number of benzene rings is 2. The van der Waals surface area contributed by atoms with Crippen LogP contribution in [0.2, 0.25) is 15.1 Å². The average molecular weight is 332 g/mol. The number of nitrogens with one attached hydrogen (secondary N) is 1. The lowest BCUT2D eigenvalue weighted by atomic mass is 10.2. The molecular formula is C13H9Cl3N2S. The van der Waals surface area contributed by atoms with Crippen LogP contribution >= 0.6 is 47.0 Å². The van der Waals surface area contributed by atoms with Crippen molar-refractivity contribution in [2.24, 2.45) is 5.73 Å². The van der Waals surface area contributed by atoms with Crippen LogP contribution in [0.5, 0.6) is 0 Å². The Bertz CT molecular complexity index is 644. The highest BCUT2D eigenvalue weighted by Crippen LogP contribution is 2.32. The Hall–Kier alpha value is -1.000. The zero-order valence-corrected chi connectivity index (χ0v) is 12.7. The summed E-state index contributed by atoms with van der Waals surface area (Å²) in [4.78, 5) is 0.261. The van der Waals surface area contributed by atoms with E-state index in [-0.39, 0.29) is 4.99 Å². The predicted molar refractivity (Wildman–Crippen MR) is 87.1 cm³/mol. The fourth-order valence-corrected chi connectivity index (χ4v) is 2.41. The molecule has 2 nitrogen and oxygen atoms in total. The minimum Gasteiger partial charge on any atom is -0.389 e. The number of rotatable bonds is 3. The first-order valence-electron chi connectivity index (χ1n) is 5.29. The Kier molecular flexibility index (Phi) is 4.53. The molecule has 0 atom stereocenters. The molecule has 19 heavy (non-hydrogen) atoms. The van der Waals surface area contributed by atoms with E-state index in [0.29, 0.717) is 26.3 Å². The predicted octanol–water partition coefficient (Wildman–Crippen LogP) is 5.02. The van der Waals surface area contributed by atoms with Crippen molar-refractivity contribution in [2.75, 3.05) is 5.32 Å². The number of halogens is 3. The molecule has 0 saturated heterocycles. The van der Waals surface area contributed by atoms with E-state index in [4.69, 9.17) is 52.8 Å². The van der Waals surface area contributed by atoms with Gasteiger partial charge in [-0.15, -0.1) is 0 Å². The van der Waals surface area contributed by atoms with Gasteiger partial charge >= 0.3 is 0 Å². The standard InChI is InChI=1S/C13H9Cl3N2S/c14-9-2-1-3-11(12(9)16)18-7-4-5-8(13(17)19)10(15)6-7/h1-6,18H,(H2,17,19). The van der Waals surface area contributed by atoms with Crippen molar-refractivity contribution >= 4 is 63.4 Å². The first kappa shape index (κ1) is 14.4. The molecule has 3 N–H and O–H groups in total. The van der Waals surface area contributed by atoms with Gasteiger partial charge in [0.15, 0.2) is 0 Å². The van der Waals surface area contributed by atoms with E-state index in [9.17, 15) is 0 Å². The Labute approximate surface area is 131 Å². The second kappa shape index (κ2) is 5.97. The van der Waals surface area contributed by atoms with E-state index in [0.717, 1.165) is 5.69 Å². The van der Waals surface area contributed by atoms with Gasteiger partial charge in [-0.25, -0.2) is 0 Å². The third kappa shape index (κ3) is 3.31.